The van der Waals surface area contributed by atoms with E-state index >= 15 is 0 Å². The van der Waals surface area contributed by atoms with E-state index < -0.39 is 0 Å². The van der Waals surface area contributed by atoms with Gasteiger partial charge in [-0.3, -0.25) is 0 Å². The molecule has 0 radical (unpaired) electrons. The van der Waals surface area contributed by atoms with Gasteiger partial charge in [0, 0.05) is 18.1 Å². The third kappa shape index (κ3) is 3.63. The molecule has 4 bridgehead atoms. The number of benzene rings is 1. The van der Waals surface area contributed by atoms with Gasteiger partial charge in [-0.15, -0.1) is 0 Å². The molecule has 1 aromatic carbocycles. The summed E-state index contributed by atoms with van der Waals surface area (Å²) in [7, 11) is 0. The Bertz CT molecular complexity index is 968. The molecule has 4 aliphatic rings. The molecule has 1 heterocycles. The van der Waals surface area contributed by atoms with Crippen LogP contribution in [0.25, 0.3) is 0 Å². The molecule has 6 rings (SSSR count). The highest BCUT2D eigenvalue weighted by atomic mass is 35.5. The lowest BCUT2D eigenvalue weighted by molar-refractivity contribution is -0.0822. The van der Waals surface area contributed by atoms with Crippen LogP contribution in [0.15, 0.2) is 30.5 Å². The third-order valence-corrected chi connectivity index (χ3v) is 8.17. The number of rotatable bonds is 6. The van der Waals surface area contributed by atoms with Gasteiger partial charge < -0.3 is 10.6 Å². The van der Waals surface area contributed by atoms with Gasteiger partial charge in [0.2, 0.25) is 5.95 Å². The number of hydrogen-bond acceptors (Lipinski definition) is 5. The minimum atomic E-state index is 0.367. The largest absolute Gasteiger partial charge is 0.368 e. The fraction of sp³-hybridized carbons (Fsp3) is 0.542. The Labute approximate surface area is 183 Å². The first-order valence-electron chi connectivity index (χ1n) is 11.0. The van der Waals surface area contributed by atoms with E-state index in [0.717, 1.165) is 35.8 Å². The molecule has 4 saturated carbocycles. The highest BCUT2D eigenvalue weighted by Gasteiger charge is 2.53. The van der Waals surface area contributed by atoms with Crippen LogP contribution in [0.2, 0.25) is 5.02 Å². The Hall–Kier alpha value is -2.32. The first-order valence-corrected chi connectivity index (χ1v) is 11.4. The molecule has 30 heavy (non-hydrogen) atoms. The van der Waals surface area contributed by atoms with Gasteiger partial charge in [-0.05, 0) is 72.8 Å². The van der Waals surface area contributed by atoms with Gasteiger partial charge in [0.05, 0.1) is 6.20 Å². The van der Waals surface area contributed by atoms with Crippen LogP contribution in [0.4, 0.5) is 11.8 Å². The molecule has 2 N–H and O–H groups in total. The molecule has 6 heteroatoms. The van der Waals surface area contributed by atoms with E-state index in [1.807, 2.05) is 24.3 Å². The first kappa shape index (κ1) is 19.6. The summed E-state index contributed by atoms with van der Waals surface area (Å²) < 4.78 is 0. The second-order valence-corrected chi connectivity index (χ2v) is 10.1. The number of nitrogens with zero attached hydrogens (tertiary/aromatic N) is 3. The molecular formula is C24H28ClN5. The Kier molecular flexibility index (Phi) is 5.06. The van der Waals surface area contributed by atoms with Crippen molar-refractivity contribution in [1.29, 1.82) is 5.26 Å². The van der Waals surface area contributed by atoms with Crippen molar-refractivity contribution in [3.05, 3.63) is 46.6 Å². The molecule has 0 spiro atoms. The SMILES string of the molecule is C[C@@H]1C2CC3C[C@H]1CC(CNc1nc(NCc4ccccc4Cl)ncc1C#N)(C3)C2. The van der Waals surface area contributed by atoms with Crippen molar-refractivity contribution in [3.8, 4) is 6.07 Å². The Morgan fingerprint density at radius 3 is 2.67 bits per heavy atom. The Morgan fingerprint density at radius 1 is 1.17 bits per heavy atom. The van der Waals surface area contributed by atoms with Gasteiger partial charge in [0.25, 0.3) is 0 Å². The van der Waals surface area contributed by atoms with Crippen LogP contribution in [0.1, 0.15) is 50.2 Å². The fourth-order valence-electron chi connectivity index (χ4n) is 6.43. The van der Waals surface area contributed by atoms with Crippen LogP contribution in [0.3, 0.4) is 0 Å². The summed E-state index contributed by atoms with van der Waals surface area (Å²) in [5.41, 5.74) is 1.85. The first-order chi connectivity index (χ1) is 14.5. The van der Waals surface area contributed by atoms with E-state index in [0.29, 0.717) is 34.3 Å². The van der Waals surface area contributed by atoms with Crippen molar-refractivity contribution in [2.75, 3.05) is 17.2 Å². The number of halogens is 1. The van der Waals surface area contributed by atoms with Crippen LogP contribution >= 0.6 is 11.6 Å². The van der Waals surface area contributed by atoms with Crippen LogP contribution in [0.5, 0.6) is 0 Å². The highest BCUT2D eigenvalue weighted by molar-refractivity contribution is 6.31. The number of nitriles is 1. The maximum atomic E-state index is 9.54. The molecule has 4 fully saturated rings. The average molecular weight is 422 g/mol. The number of hydrogen-bond donors (Lipinski definition) is 2. The van der Waals surface area contributed by atoms with Crippen LogP contribution in [0, 0.1) is 40.4 Å². The van der Waals surface area contributed by atoms with Crippen molar-refractivity contribution in [3.63, 3.8) is 0 Å². The standard InChI is InChI=1S/C24H28ClN5/c1-15-18-6-16-7-19(15)10-24(8-16,9-18)14-29-22-20(11-26)13-28-23(30-22)27-12-17-4-2-3-5-21(17)25/h2-5,13,15-16,18-19H,6-10,12,14H2,1H3,(H2,27,28,29,30)/t15-,16?,18-,19?,24?/m0/s1. The van der Waals surface area contributed by atoms with Gasteiger partial charge >= 0.3 is 0 Å². The van der Waals surface area contributed by atoms with E-state index in [4.69, 9.17) is 11.6 Å². The molecule has 156 valence electrons. The predicted octanol–water partition coefficient (Wildman–Crippen LogP) is 5.49. The molecule has 0 aliphatic heterocycles. The topological polar surface area (TPSA) is 73.6 Å². The monoisotopic (exact) mass is 421 g/mol. The highest BCUT2D eigenvalue weighted by Crippen LogP contribution is 2.62. The zero-order valence-corrected chi connectivity index (χ0v) is 18.1. The lowest BCUT2D eigenvalue weighted by Crippen LogP contribution is -2.52. The zero-order chi connectivity index (χ0) is 20.7. The van der Waals surface area contributed by atoms with Crippen molar-refractivity contribution < 1.29 is 0 Å². The van der Waals surface area contributed by atoms with Gasteiger partial charge in [0.15, 0.2) is 0 Å². The molecule has 0 amide bonds. The summed E-state index contributed by atoms with van der Waals surface area (Å²) in [4.78, 5) is 8.93. The smallest absolute Gasteiger partial charge is 0.224 e. The number of nitrogens with one attached hydrogen (secondary N) is 2. The molecule has 2 aromatic rings. The zero-order valence-electron chi connectivity index (χ0n) is 17.4. The molecule has 3 unspecified atom stereocenters. The van der Waals surface area contributed by atoms with Crippen LogP contribution in [-0.2, 0) is 6.54 Å². The maximum Gasteiger partial charge on any atom is 0.224 e. The van der Waals surface area contributed by atoms with Crippen molar-refractivity contribution in [2.24, 2.45) is 29.1 Å². The lowest BCUT2D eigenvalue weighted by atomic mass is 9.46. The van der Waals surface area contributed by atoms with Crippen LogP contribution < -0.4 is 10.6 Å². The number of anilines is 2. The number of aromatic nitrogens is 2. The summed E-state index contributed by atoms with van der Waals surface area (Å²) >= 11 is 6.24. The van der Waals surface area contributed by atoms with E-state index in [1.165, 1.54) is 32.1 Å². The Balaban J connectivity index is 1.29. The molecule has 5 atom stereocenters. The predicted molar refractivity (Wildman–Crippen MR) is 119 cm³/mol. The minimum absolute atomic E-state index is 0.367. The average Bonchev–Trinajstić information content (AvgIpc) is 2.75. The quantitative estimate of drug-likeness (QED) is 0.645. The molecule has 0 saturated heterocycles. The minimum Gasteiger partial charge on any atom is -0.368 e. The molecule has 4 aliphatic carbocycles. The summed E-state index contributed by atoms with van der Waals surface area (Å²) in [5.74, 6) is 4.69. The van der Waals surface area contributed by atoms with E-state index in [9.17, 15) is 5.26 Å². The van der Waals surface area contributed by atoms with E-state index in [-0.39, 0.29) is 0 Å². The normalized spacial score (nSPS) is 31.4. The van der Waals surface area contributed by atoms with E-state index in [1.54, 1.807) is 6.20 Å². The Morgan fingerprint density at radius 2 is 1.93 bits per heavy atom. The van der Waals surface area contributed by atoms with Crippen molar-refractivity contribution >= 4 is 23.4 Å². The van der Waals surface area contributed by atoms with Gasteiger partial charge in [-0.25, -0.2) is 4.98 Å². The molecular weight excluding hydrogens is 394 g/mol. The van der Waals surface area contributed by atoms with Crippen molar-refractivity contribution in [2.45, 2.75) is 45.6 Å². The van der Waals surface area contributed by atoms with Gasteiger partial charge in [0.1, 0.15) is 17.5 Å². The fourth-order valence-corrected chi connectivity index (χ4v) is 6.64. The molecule has 1 aromatic heterocycles. The maximum absolute atomic E-state index is 9.54. The van der Waals surface area contributed by atoms with Crippen LogP contribution in [-0.4, -0.2) is 16.5 Å². The summed E-state index contributed by atoms with van der Waals surface area (Å²) in [6.07, 6.45) is 8.41. The lowest BCUT2D eigenvalue weighted by Gasteiger charge is -2.59. The second-order valence-electron chi connectivity index (χ2n) is 9.70. The summed E-state index contributed by atoms with van der Waals surface area (Å²) in [6.45, 7) is 3.90. The second kappa shape index (κ2) is 7.74. The summed E-state index contributed by atoms with van der Waals surface area (Å²) in [6, 6.07) is 9.96. The van der Waals surface area contributed by atoms with Gasteiger partial charge in [-0.2, -0.15) is 10.2 Å². The van der Waals surface area contributed by atoms with E-state index in [2.05, 4.69) is 33.6 Å². The van der Waals surface area contributed by atoms with Gasteiger partial charge in [-0.1, -0.05) is 36.7 Å². The van der Waals surface area contributed by atoms with Crippen molar-refractivity contribution in [1.82, 2.24) is 9.97 Å². The third-order valence-electron chi connectivity index (χ3n) is 7.81. The molecule has 5 nitrogen and oxygen atoms in total. The summed E-state index contributed by atoms with van der Waals surface area (Å²) in [5, 5.41) is 17.0.